The van der Waals surface area contributed by atoms with Gasteiger partial charge in [-0.25, -0.2) is 0 Å². The predicted molar refractivity (Wildman–Crippen MR) is 70.8 cm³/mol. The lowest BCUT2D eigenvalue weighted by Crippen LogP contribution is -1.84. The molecule has 2 aromatic rings. The zero-order chi connectivity index (χ0) is 11.5. The Morgan fingerprint density at radius 3 is 2.25 bits per heavy atom. The van der Waals surface area contributed by atoms with Crippen molar-refractivity contribution in [2.24, 2.45) is 0 Å². The Balaban J connectivity index is 2.20. The molecule has 0 amide bonds. The standard InChI is InChI=1S/C12H10BrNOS/c13-8-1-3-9(4-2-8)16-10-5-6-11(14)12(15)7-10/h1-7,15H,14H2. The summed E-state index contributed by atoms with van der Waals surface area (Å²) < 4.78 is 1.05. The SMILES string of the molecule is Nc1ccc(Sc2ccc(Br)cc2)cc1O. The Morgan fingerprint density at radius 2 is 1.62 bits per heavy atom. The molecule has 0 aliphatic rings. The number of benzene rings is 2. The molecular formula is C12H10BrNOS. The van der Waals surface area contributed by atoms with Crippen molar-refractivity contribution in [2.45, 2.75) is 9.79 Å². The van der Waals surface area contributed by atoms with Crippen LogP contribution in [0.2, 0.25) is 0 Å². The number of nitrogens with two attached hydrogens (primary N) is 1. The third-order valence-corrected chi connectivity index (χ3v) is 3.58. The number of hydrogen-bond acceptors (Lipinski definition) is 3. The van der Waals surface area contributed by atoms with Crippen molar-refractivity contribution in [2.75, 3.05) is 5.73 Å². The molecule has 0 saturated carbocycles. The van der Waals surface area contributed by atoms with Crippen molar-refractivity contribution in [3.8, 4) is 5.75 Å². The van der Waals surface area contributed by atoms with Crippen LogP contribution in [-0.4, -0.2) is 5.11 Å². The van der Waals surface area contributed by atoms with E-state index in [1.807, 2.05) is 30.3 Å². The molecule has 16 heavy (non-hydrogen) atoms. The lowest BCUT2D eigenvalue weighted by atomic mass is 10.3. The average Bonchev–Trinajstić information content (AvgIpc) is 2.27. The molecule has 2 rings (SSSR count). The molecule has 0 fully saturated rings. The minimum Gasteiger partial charge on any atom is -0.506 e. The second-order valence-corrected chi connectivity index (χ2v) is 5.34. The number of phenols is 1. The average molecular weight is 296 g/mol. The molecule has 4 heteroatoms. The molecular weight excluding hydrogens is 286 g/mol. The highest BCUT2D eigenvalue weighted by molar-refractivity contribution is 9.10. The first-order valence-corrected chi connectivity index (χ1v) is 6.28. The molecule has 82 valence electrons. The second kappa shape index (κ2) is 4.80. The Hall–Kier alpha value is -1.13. The molecule has 0 aliphatic carbocycles. The second-order valence-electron chi connectivity index (χ2n) is 3.28. The highest BCUT2D eigenvalue weighted by atomic mass is 79.9. The van der Waals surface area contributed by atoms with Gasteiger partial charge in [0.05, 0.1) is 5.69 Å². The van der Waals surface area contributed by atoms with E-state index in [1.165, 1.54) is 0 Å². The van der Waals surface area contributed by atoms with Gasteiger partial charge in [-0.3, -0.25) is 0 Å². The summed E-state index contributed by atoms with van der Waals surface area (Å²) in [5.41, 5.74) is 5.94. The van der Waals surface area contributed by atoms with Crippen LogP contribution in [-0.2, 0) is 0 Å². The van der Waals surface area contributed by atoms with Crippen LogP contribution < -0.4 is 5.73 Å². The Bertz CT molecular complexity index is 499. The summed E-state index contributed by atoms with van der Waals surface area (Å²) in [7, 11) is 0. The third-order valence-electron chi connectivity index (χ3n) is 2.05. The van der Waals surface area contributed by atoms with Crippen molar-refractivity contribution in [1.29, 1.82) is 0 Å². The van der Waals surface area contributed by atoms with Gasteiger partial charge in [-0.05, 0) is 42.5 Å². The van der Waals surface area contributed by atoms with Crippen LogP contribution >= 0.6 is 27.7 Å². The quantitative estimate of drug-likeness (QED) is 0.653. The molecule has 0 saturated heterocycles. The first kappa shape index (κ1) is 11.4. The molecule has 0 radical (unpaired) electrons. The van der Waals surface area contributed by atoms with E-state index in [-0.39, 0.29) is 5.75 Å². The summed E-state index contributed by atoms with van der Waals surface area (Å²) in [6.45, 7) is 0. The van der Waals surface area contributed by atoms with Crippen molar-refractivity contribution in [3.05, 3.63) is 46.9 Å². The van der Waals surface area contributed by atoms with Crippen LogP contribution in [0, 0.1) is 0 Å². The maximum absolute atomic E-state index is 9.48. The molecule has 0 heterocycles. The Morgan fingerprint density at radius 1 is 1.00 bits per heavy atom. The van der Waals surface area contributed by atoms with Crippen LogP contribution in [0.5, 0.6) is 5.75 Å². The molecule has 2 aromatic carbocycles. The van der Waals surface area contributed by atoms with Crippen LogP contribution in [0.4, 0.5) is 5.69 Å². The van der Waals surface area contributed by atoms with Crippen LogP contribution in [0.15, 0.2) is 56.7 Å². The summed E-state index contributed by atoms with van der Waals surface area (Å²) >= 11 is 4.97. The minimum absolute atomic E-state index is 0.127. The zero-order valence-corrected chi connectivity index (χ0v) is 10.8. The third kappa shape index (κ3) is 2.71. The van der Waals surface area contributed by atoms with Gasteiger partial charge in [0, 0.05) is 14.3 Å². The lowest BCUT2D eigenvalue weighted by molar-refractivity contribution is 0.476. The number of aromatic hydroxyl groups is 1. The highest BCUT2D eigenvalue weighted by Gasteiger charge is 2.01. The van der Waals surface area contributed by atoms with Crippen molar-refractivity contribution in [1.82, 2.24) is 0 Å². The van der Waals surface area contributed by atoms with Crippen molar-refractivity contribution >= 4 is 33.4 Å². The first-order valence-electron chi connectivity index (χ1n) is 4.67. The lowest BCUT2D eigenvalue weighted by Gasteiger charge is -2.04. The number of anilines is 1. The minimum atomic E-state index is 0.127. The predicted octanol–water partition coefficient (Wildman–Crippen LogP) is 3.89. The monoisotopic (exact) mass is 295 g/mol. The van der Waals surface area contributed by atoms with E-state index in [1.54, 1.807) is 23.9 Å². The van der Waals surface area contributed by atoms with Gasteiger partial charge in [-0.1, -0.05) is 27.7 Å². The zero-order valence-electron chi connectivity index (χ0n) is 8.35. The Kier molecular flexibility index (Phi) is 3.41. The first-order chi connectivity index (χ1) is 7.65. The fourth-order valence-electron chi connectivity index (χ4n) is 1.23. The van der Waals surface area contributed by atoms with Crippen LogP contribution in [0.25, 0.3) is 0 Å². The normalized spacial score (nSPS) is 10.3. The maximum atomic E-state index is 9.48. The van der Waals surface area contributed by atoms with Gasteiger partial charge in [0.25, 0.3) is 0 Å². The van der Waals surface area contributed by atoms with Crippen molar-refractivity contribution < 1.29 is 5.11 Å². The van der Waals surface area contributed by atoms with Gasteiger partial charge in [0.15, 0.2) is 0 Å². The van der Waals surface area contributed by atoms with E-state index in [0.29, 0.717) is 5.69 Å². The van der Waals surface area contributed by atoms with Gasteiger partial charge >= 0.3 is 0 Å². The number of rotatable bonds is 2. The molecule has 2 nitrogen and oxygen atoms in total. The maximum Gasteiger partial charge on any atom is 0.139 e. The van der Waals surface area contributed by atoms with Crippen molar-refractivity contribution in [3.63, 3.8) is 0 Å². The molecule has 3 N–H and O–H groups in total. The topological polar surface area (TPSA) is 46.2 Å². The fourth-order valence-corrected chi connectivity index (χ4v) is 2.34. The highest BCUT2D eigenvalue weighted by Crippen LogP contribution is 2.32. The summed E-state index contributed by atoms with van der Waals surface area (Å²) in [6, 6.07) is 13.3. The Labute approximate surface area is 107 Å². The van der Waals surface area contributed by atoms with Crippen LogP contribution in [0.1, 0.15) is 0 Å². The molecule has 0 spiro atoms. The van der Waals surface area contributed by atoms with E-state index in [0.717, 1.165) is 14.3 Å². The molecule has 0 aliphatic heterocycles. The number of hydrogen-bond donors (Lipinski definition) is 2. The summed E-state index contributed by atoms with van der Waals surface area (Å²) in [6.07, 6.45) is 0. The van der Waals surface area contributed by atoms with E-state index in [4.69, 9.17) is 5.73 Å². The molecule has 0 atom stereocenters. The van der Waals surface area contributed by atoms with Gasteiger partial charge in [-0.2, -0.15) is 0 Å². The van der Waals surface area contributed by atoms with E-state index in [2.05, 4.69) is 15.9 Å². The number of nitrogen functional groups attached to an aromatic ring is 1. The fraction of sp³-hybridized carbons (Fsp3) is 0. The summed E-state index contributed by atoms with van der Waals surface area (Å²) in [5.74, 6) is 0.127. The number of phenolic OH excluding ortho intramolecular Hbond substituents is 1. The molecule has 0 aromatic heterocycles. The van der Waals surface area contributed by atoms with Gasteiger partial charge in [-0.15, -0.1) is 0 Å². The summed E-state index contributed by atoms with van der Waals surface area (Å²) in [4.78, 5) is 2.08. The largest absolute Gasteiger partial charge is 0.506 e. The smallest absolute Gasteiger partial charge is 0.139 e. The van der Waals surface area contributed by atoms with E-state index in [9.17, 15) is 5.11 Å². The number of halogens is 1. The molecule has 0 unspecified atom stereocenters. The van der Waals surface area contributed by atoms with Gasteiger partial charge < -0.3 is 10.8 Å². The summed E-state index contributed by atoms with van der Waals surface area (Å²) in [5, 5.41) is 9.48. The van der Waals surface area contributed by atoms with E-state index >= 15 is 0 Å². The van der Waals surface area contributed by atoms with E-state index < -0.39 is 0 Å². The van der Waals surface area contributed by atoms with Gasteiger partial charge in [0.1, 0.15) is 5.75 Å². The van der Waals surface area contributed by atoms with Crippen LogP contribution in [0.3, 0.4) is 0 Å². The molecule has 0 bridgehead atoms. The van der Waals surface area contributed by atoms with Gasteiger partial charge in [0.2, 0.25) is 0 Å².